The van der Waals surface area contributed by atoms with Crippen LogP contribution >= 0.6 is 0 Å². The van der Waals surface area contributed by atoms with Gasteiger partial charge in [0.1, 0.15) is 0 Å². The second kappa shape index (κ2) is 6.06. The molecule has 1 fully saturated rings. The molecule has 0 saturated carbocycles. The van der Waals surface area contributed by atoms with Crippen molar-refractivity contribution in [1.82, 2.24) is 10.2 Å². The van der Waals surface area contributed by atoms with Gasteiger partial charge in [-0.3, -0.25) is 4.90 Å². The first kappa shape index (κ1) is 13.1. The lowest BCUT2D eigenvalue weighted by Crippen LogP contribution is -2.43. The van der Waals surface area contributed by atoms with Crippen LogP contribution in [0.3, 0.4) is 0 Å². The Morgan fingerprint density at radius 1 is 1.21 bits per heavy atom. The van der Waals surface area contributed by atoms with Crippen molar-refractivity contribution in [1.29, 1.82) is 0 Å². The van der Waals surface area contributed by atoms with Crippen molar-refractivity contribution in [3.05, 3.63) is 35.4 Å². The van der Waals surface area contributed by atoms with Gasteiger partial charge in [0.05, 0.1) is 0 Å². The molecule has 0 bridgehead atoms. The zero-order chi connectivity index (χ0) is 13.1. The smallest absolute Gasteiger partial charge is 0.0221 e. The summed E-state index contributed by atoms with van der Waals surface area (Å²) >= 11 is 0. The molecule has 2 unspecified atom stereocenters. The van der Waals surface area contributed by atoms with Gasteiger partial charge in [0.15, 0.2) is 0 Å². The van der Waals surface area contributed by atoms with Crippen LogP contribution in [0.15, 0.2) is 24.3 Å². The van der Waals surface area contributed by atoms with Crippen LogP contribution in [0.2, 0.25) is 0 Å². The number of nitrogens with zero attached hydrogens (tertiary/aromatic N) is 1. The summed E-state index contributed by atoms with van der Waals surface area (Å²) in [5.41, 5.74) is 3.13. The molecule has 2 nitrogen and oxygen atoms in total. The van der Waals surface area contributed by atoms with Crippen LogP contribution in [0.5, 0.6) is 0 Å². The summed E-state index contributed by atoms with van der Waals surface area (Å²) in [4.78, 5) is 2.63. The lowest BCUT2D eigenvalue weighted by atomic mass is 9.88. The first-order valence-electron chi connectivity index (χ1n) is 7.91. The summed E-state index contributed by atoms with van der Waals surface area (Å²) in [6, 6.07) is 10.4. The second-order valence-corrected chi connectivity index (χ2v) is 6.04. The predicted molar refractivity (Wildman–Crippen MR) is 80.5 cm³/mol. The van der Waals surface area contributed by atoms with Crippen molar-refractivity contribution in [3.63, 3.8) is 0 Å². The molecule has 0 spiro atoms. The largest absolute Gasteiger partial charge is 0.312 e. The number of aryl methyl sites for hydroxylation is 1. The Kier molecular flexibility index (Phi) is 4.19. The summed E-state index contributed by atoms with van der Waals surface area (Å²) in [6.45, 7) is 5.98. The monoisotopic (exact) mass is 258 g/mol. The molecule has 1 saturated heterocycles. The van der Waals surface area contributed by atoms with Gasteiger partial charge in [0, 0.05) is 18.6 Å². The first-order valence-corrected chi connectivity index (χ1v) is 7.91. The Labute approximate surface area is 117 Å². The van der Waals surface area contributed by atoms with Gasteiger partial charge in [-0.15, -0.1) is 0 Å². The van der Waals surface area contributed by atoms with Gasteiger partial charge in [-0.25, -0.2) is 0 Å². The van der Waals surface area contributed by atoms with E-state index >= 15 is 0 Å². The molecule has 1 aliphatic carbocycles. The van der Waals surface area contributed by atoms with Gasteiger partial charge in [0.2, 0.25) is 0 Å². The maximum absolute atomic E-state index is 3.83. The number of rotatable bonds is 4. The number of likely N-dealkylation sites (N-methyl/N-ethyl adjacent to an activating group) is 1. The minimum atomic E-state index is 0.689. The van der Waals surface area contributed by atoms with Gasteiger partial charge in [0.25, 0.3) is 0 Å². The fourth-order valence-corrected chi connectivity index (χ4v) is 3.72. The van der Waals surface area contributed by atoms with Crippen molar-refractivity contribution in [2.75, 3.05) is 19.6 Å². The Hall–Kier alpha value is -0.860. The predicted octanol–water partition coefficient (Wildman–Crippen LogP) is 2.62. The second-order valence-electron chi connectivity index (χ2n) is 6.04. The summed E-state index contributed by atoms with van der Waals surface area (Å²) in [5.74, 6) is 0. The van der Waals surface area contributed by atoms with E-state index in [2.05, 4.69) is 41.4 Å². The Bertz CT molecular complexity index is 415. The number of hydrogen-bond donors (Lipinski definition) is 1. The first-order chi connectivity index (χ1) is 9.36. The fourth-order valence-electron chi connectivity index (χ4n) is 3.72. The SMILES string of the molecule is CCN1CCCC1CNC1CCc2ccccc2C1. The average Bonchev–Trinajstić information content (AvgIpc) is 2.92. The molecule has 104 valence electrons. The lowest BCUT2D eigenvalue weighted by molar-refractivity contribution is 0.251. The number of likely N-dealkylation sites (tertiary alicyclic amines) is 1. The lowest BCUT2D eigenvalue weighted by Gasteiger charge is -2.29. The van der Waals surface area contributed by atoms with Crippen LogP contribution in [-0.2, 0) is 12.8 Å². The Balaban J connectivity index is 1.52. The summed E-state index contributed by atoms with van der Waals surface area (Å²) < 4.78 is 0. The molecular formula is C17H26N2. The molecule has 0 aromatic heterocycles. The van der Waals surface area contributed by atoms with Gasteiger partial charge < -0.3 is 5.32 Å². The van der Waals surface area contributed by atoms with Crippen LogP contribution in [0.4, 0.5) is 0 Å². The van der Waals surface area contributed by atoms with Crippen LogP contribution in [-0.4, -0.2) is 36.6 Å². The van der Waals surface area contributed by atoms with Crippen LogP contribution < -0.4 is 5.32 Å². The average molecular weight is 258 g/mol. The Morgan fingerprint density at radius 2 is 2.05 bits per heavy atom. The Morgan fingerprint density at radius 3 is 2.89 bits per heavy atom. The van der Waals surface area contributed by atoms with E-state index in [1.165, 1.54) is 51.7 Å². The van der Waals surface area contributed by atoms with Crippen LogP contribution in [0, 0.1) is 0 Å². The van der Waals surface area contributed by atoms with Gasteiger partial charge in [-0.05, 0) is 56.3 Å². The molecule has 3 rings (SSSR count). The van der Waals surface area contributed by atoms with E-state index in [0.717, 1.165) is 6.04 Å². The van der Waals surface area contributed by atoms with E-state index in [9.17, 15) is 0 Å². The molecule has 0 radical (unpaired) electrons. The molecule has 1 heterocycles. The quantitative estimate of drug-likeness (QED) is 0.893. The third-order valence-corrected chi connectivity index (χ3v) is 4.89. The molecular weight excluding hydrogens is 232 g/mol. The fraction of sp³-hybridized carbons (Fsp3) is 0.647. The molecule has 2 atom stereocenters. The van der Waals surface area contributed by atoms with Gasteiger partial charge in [-0.1, -0.05) is 31.2 Å². The minimum Gasteiger partial charge on any atom is -0.312 e. The maximum atomic E-state index is 3.83. The summed E-state index contributed by atoms with van der Waals surface area (Å²) in [7, 11) is 0. The standard InChI is InChI=1S/C17H26N2/c1-2-19-11-5-8-17(19)13-18-16-10-9-14-6-3-4-7-15(14)12-16/h3-4,6-7,16-18H,2,5,8-13H2,1H3. The third-order valence-electron chi connectivity index (χ3n) is 4.89. The van der Waals surface area contributed by atoms with Crippen molar-refractivity contribution in [3.8, 4) is 0 Å². The number of hydrogen-bond acceptors (Lipinski definition) is 2. The number of fused-ring (bicyclic) bond motifs is 1. The zero-order valence-electron chi connectivity index (χ0n) is 12.1. The van der Waals surface area contributed by atoms with E-state index in [1.54, 1.807) is 11.1 Å². The highest BCUT2D eigenvalue weighted by Crippen LogP contribution is 2.22. The maximum Gasteiger partial charge on any atom is 0.0221 e. The summed E-state index contributed by atoms with van der Waals surface area (Å²) in [5, 5.41) is 3.83. The molecule has 0 amide bonds. The normalized spacial score (nSPS) is 27.4. The van der Waals surface area contributed by atoms with E-state index in [1.807, 2.05) is 0 Å². The van der Waals surface area contributed by atoms with Gasteiger partial charge >= 0.3 is 0 Å². The van der Waals surface area contributed by atoms with Crippen molar-refractivity contribution in [2.24, 2.45) is 0 Å². The van der Waals surface area contributed by atoms with Crippen LogP contribution in [0.1, 0.15) is 37.3 Å². The zero-order valence-corrected chi connectivity index (χ0v) is 12.1. The highest BCUT2D eigenvalue weighted by molar-refractivity contribution is 5.30. The molecule has 19 heavy (non-hydrogen) atoms. The van der Waals surface area contributed by atoms with Crippen molar-refractivity contribution < 1.29 is 0 Å². The topological polar surface area (TPSA) is 15.3 Å². The molecule has 1 aliphatic heterocycles. The van der Waals surface area contributed by atoms with Crippen LogP contribution in [0.25, 0.3) is 0 Å². The summed E-state index contributed by atoms with van der Waals surface area (Å²) in [6.07, 6.45) is 6.53. The molecule has 2 aliphatic rings. The highest BCUT2D eigenvalue weighted by atomic mass is 15.2. The molecule has 2 heteroatoms. The number of nitrogens with one attached hydrogen (secondary N) is 1. The number of benzene rings is 1. The van der Waals surface area contributed by atoms with E-state index < -0.39 is 0 Å². The molecule has 1 aromatic rings. The van der Waals surface area contributed by atoms with E-state index in [-0.39, 0.29) is 0 Å². The van der Waals surface area contributed by atoms with Crippen molar-refractivity contribution >= 4 is 0 Å². The highest BCUT2D eigenvalue weighted by Gasteiger charge is 2.24. The third kappa shape index (κ3) is 3.01. The van der Waals surface area contributed by atoms with Gasteiger partial charge in [-0.2, -0.15) is 0 Å². The van der Waals surface area contributed by atoms with E-state index in [0.29, 0.717) is 6.04 Å². The van der Waals surface area contributed by atoms with E-state index in [4.69, 9.17) is 0 Å². The minimum absolute atomic E-state index is 0.689. The molecule has 1 aromatic carbocycles. The molecule has 1 N–H and O–H groups in total. The van der Waals surface area contributed by atoms with Crippen molar-refractivity contribution in [2.45, 2.75) is 51.1 Å².